The first kappa shape index (κ1) is 14.2. The lowest BCUT2D eigenvalue weighted by Crippen LogP contribution is -2.42. The van der Waals surface area contributed by atoms with Gasteiger partial charge in [-0.15, -0.1) is 0 Å². The molecule has 0 aromatic heterocycles. The van der Waals surface area contributed by atoms with Gasteiger partial charge in [-0.3, -0.25) is 0 Å². The highest BCUT2D eigenvalue weighted by Gasteiger charge is 2.26. The van der Waals surface area contributed by atoms with Crippen LogP contribution in [0.3, 0.4) is 0 Å². The van der Waals surface area contributed by atoms with Gasteiger partial charge < -0.3 is 24.6 Å². The molecule has 0 aliphatic carbocycles. The summed E-state index contributed by atoms with van der Waals surface area (Å²) in [5.41, 5.74) is 0. The van der Waals surface area contributed by atoms with Crippen LogP contribution in [0.15, 0.2) is 0 Å². The Hall–Kier alpha value is -0.200. The minimum Gasteiger partial charge on any atom is -0.394 e. The molecule has 0 bridgehead atoms. The molecule has 0 saturated carbocycles. The van der Waals surface area contributed by atoms with Crippen molar-refractivity contribution in [3.05, 3.63) is 0 Å². The molecule has 2 aliphatic heterocycles. The van der Waals surface area contributed by atoms with Crippen molar-refractivity contribution in [3.8, 4) is 0 Å². The molecule has 5 heteroatoms. The van der Waals surface area contributed by atoms with Crippen molar-refractivity contribution < 1.29 is 19.7 Å². The quantitative estimate of drug-likeness (QED) is 0.727. The van der Waals surface area contributed by atoms with Crippen molar-refractivity contribution in [1.82, 2.24) is 4.90 Å². The Morgan fingerprint density at radius 2 is 1.72 bits per heavy atom. The zero-order valence-electron chi connectivity index (χ0n) is 11.0. The number of hydrogen-bond donors (Lipinski definition) is 2. The van der Waals surface area contributed by atoms with Gasteiger partial charge in [0.05, 0.1) is 39.1 Å². The molecular formula is C13H25NO4. The van der Waals surface area contributed by atoms with Crippen molar-refractivity contribution in [2.24, 2.45) is 11.8 Å². The Morgan fingerprint density at radius 3 is 2.28 bits per heavy atom. The number of aliphatic hydroxyl groups excluding tert-OH is 2. The fourth-order valence-electron chi connectivity index (χ4n) is 2.81. The Balaban J connectivity index is 1.69. The van der Waals surface area contributed by atoms with E-state index >= 15 is 0 Å². The summed E-state index contributed by atoms with van der Waals surface area (Å²) >= 11 is 0. The maximum Gasteiger partial charge on any atom is 0.0799 e. The first-order valence-electron chi connectivity index (χ1n) is 6.96. The van der Waals surface area contributed by atoms with Crippen LogP contribution in [-0.2, 0) is 9.47 Å². The molecule has 2 rings (SSSR count). The van der Waals surface area contributed by atoms with Gasteiger partial charge in [0.25, 0.3) is 0 Å². The van der Waals surface area contributed by atoms with Crippen molar-refractivity contribution in [2.45, 2.75) is 18.9 Å². The van der Waals surface area contributed by atoms with Gasteiger partial charge >= 0.3 is 0 Å². The molecule has 2 aliphatic rings. The smallest absolute Gasteiger partial charge is 0.0799 e. The SMILES string of the molecule is OCC(O)C1CCN(CC2COCCOC2)CC1. The molecule has 0 spiro atoms. The van der Waals surface area contributed by atoms with Crippen LogP contribution in [-0.4, -0.2) is 73.9 Å². The Morgan fingerprint density at radius 1 is 1.11 bits per heavy atom. The minimum absolute atomic E-state index is 0.116. The van der Waals surface area contributed by atoms with E-state index in [1.54, 1.807) is 0 Å². The number of likely N-dealkylation sites (tertiary alicyclic amines) is 1. The van der Waals surface area contributed by atoms with Crippen molar-refractivity contribution in [3.63, 3.8) is 0 Å². The van der Waals surface area contributed by atoms with E-state index in [1.807, 2.05) is 0 Å². The van der Waals surface area contributed by atoms with E-state index in [0.717, 1.165) is 45.7 Å². The minimum atomic E-state index is -0.545. The Kier molecular flexibility index (Phi) is 5.85. The third kappa shape index (κ3) is 4.17. The highest BCUT2D eigenvalue weighted by Crippen LogP contribution is 2.21. The number of piperidine rings is 1. The average Bonchev–Trinajstić information content (AvgIpc) is 2.67. The highest BCUT2D eigenvalue weighted by atomic mass is 16.5. The molecule has 106 valence electrons. The summed E-state index contributed by atoms with van der Waals surface area (Å²) in [6.45, 7) is 5.90. The first-order valence-corrected chi connectivity index (χ1v) is 6.96. The van der Waals surface area contributed by atoms with Crippen molar-refractivity contribution in [1.29, 1.82) is 0 Å². The molecule has 1 unspecified atom stereocenters. The van der Waals surface area contributed by atoms with Crippen LogP contribution in [0, 0.1) is 11.8 Å². The van der Waals surface area contributed by atoms with E-state index in [2.05, 4.69) is 4.90 Å². The number of rotatable bonds is 4. The molecule has 0 aromatic carbocycles. The lowest BCUT2D eigenvalue weighted by molar-refractivity contribution is 0.0117. The maximum atomic E-state index is 9.62. The summed E-state index contributed by atoms with van der Waals surface area (Å²) in [7, 11) is 0. The molecule has 2 heterocycles. The molecule has 0 aromatic rings. The van der Waals surface area contributed by atoms with Crippen molar-refractivity contribution >= 4 is 0 Å². The molecule has 1 atom stereocenters. The van der Waals surface area contributed by atoms with E-state index in [-0.39, 0.29) is 12.5 Å². The van der Waals surface area contributed by atoms with E-state index in [4.69, 9.17) is 14.6 Å². The normalized spacial score (nSPS) is 27.0. The number of hydrogen-bond acceptors (Lipinski definition) is 5. The maximum absolute atomic E-state index is 9.62. The van der Waals surface area contributed by atoms with Crippen LogP contribution in [0.2, 0.25) is 0 Å². The predicted molar refractivity (Wildman–Crippen MR) is 67.4 cm³/mol. The van der Waals surface area contributed by atoms with E-state index in [9.17, 15) is 5.11 Å². The molecule has 0 radical (unpaired) electrons. The van der Waals surface area contributed by atoms with Crippen LogP contribution in [0.4, 0.5) is 0 Å². The molecular weight excluding hydrogens is 234 g/mol. The monoisotopic (exact) mass is 259 g/mol. The summed E-state index contributed by atoms with van der Waals surface area (Å²) in [5, 5.41) is 18.6. The molecule has 0 amide bonds. The fraction of sp³-hybridized carbons (Fsp3) is 1.00. The molecule has 2 N–H and O–H groups in total. The second-order valence-electron chi connectivity index (χ2n) is 5.40. The van der Waals surface area contributed by atoms with E-state index < -0.39 is 6.10 Å². The molecule has 2 saturated heterocycles. The van der Waals surface area contributed by atoms with Crippen LogP contribution >= 0.6 is 0 Å². The highest BCUT2D eigenvalue weighted by molar-refractivity contribution is 4.78. The fourth-order valence-corrected chi connectivity index (χ4v) is 2.81. The number of aliphatic hydroxyl groups is 2. The van der Waals surface area contributed by atoms with Gasteiger partial charge in [-0.05, 0) is 31.8 Å². The zero-order chi connectivity index (χ0) is 12.8. The number of ether oxygens (including phenoxy) is 2. The summed E-state index contributed by atoms with van der Waals surface area (Å²) in [6, 6.07) is 0. The number of nitrogens with zero attached hydrogens (tertiary/aromatic N) is 1. The van der Waals surface area contributed by atoms with Gasteiger partial charge in [0.2, 0.25) is 0 Å². The van der Waals surface area contributed by atoms with E-state index in [1.165, 1.54) is 0 Å². The molecule has 2 fully saturated rings. The summed E-state index contributed by atoms with van der Waals surface area (Å²) in [5.74, 6) is 0.722. The largest absolute Gasteiger partial charge is 0.394 e. The average molecular weight is 259 g/mol. The van der Waals surface area contributed by atoms with E-state index in [0.29, 0.717) is 19.1 Å². The second kappa shape index (κ2) is 7.40. The van der Waals surface area contributed by atoms with Gasteiger partial charge in [-0.1, -0.05) is 0 Å². The van der Waals surface area contributed by atoms with Gasteiger partial charge in [-0.2, -0.15) is 0 Å². The Labute approximate surface area is 109 Å². The van der Waals surface area contributed by atoms with Gasteiger partial charge in [0, 0.05) is 12.5 Å². The first-order chi connectivity index (χ1) is 8.79. The van der Waals surface area contributed by atoms with Crippen LogP contribution < -0.4 is 0 Å². The predicted octanol–water partition coefficient (Wildman–Crippen LogP) is -0.285. The third-order valence-corrected chi connectivity index (χ3v) is 3.96. The zero-order valence-corrected chi connectivity index (χ0v) is 11.0. The van der Waals surface area contributed by atoms with Gasteiger partial charge in [0.1, 0.15) is 0 Å². The van der Waals surface area contributed by atoms with Gasteiger partial charge in [-0.25, -0.2) is 0 Å². The summed E-state index contributed by atoms with van der Waals surface area (Å²) in [6.07, 6.45) is 1.39. The topological polar surface area (TPSA) is 62.2 Å². The van der Waals surface area contributed by atoms with Crippen LogP contribution in [0.1, 0.15) is 12.8 Å². The third-order valence-electron chi connectivity index (χ3n) is 3.96. The lowest BCUT2D eigenvalue weighted by Gasteiger charge is -2.35. The lowest BCUT2D eigenvalue weighted by atomic mass is 9.91. The Bertz CT molecular complexity index is 223. The standard InChI is InChI=1S/C13H25NO4/c15-8-13(16)12-1-3-14(4-2-12)7-11-9-17-5-6-18-10-11/h11-13,15-16H,1-10H2. The van der Waals surface area contributed by atoms with Crippen LogP contribution in [0.25, 0.3) is 0 Å². The van der Waals surface area contributed by atoms with Crippen LogP contribution in [0.5, 0.6) is 0 Å². The second-order valence-corrected chi connectivity index (χ2v) is 5.40. The molecule has 5 nitrogen and oxygen atoms in total. The van der Waals surface area contributed by atoms with Gasteiger partial charge in [0.15, 0.2) is 0 Å². The summed E-state index contributed by atoms with van der Waals surface area (Å²) in [4.78, 5) is 2.42. The summed E-state index contributed by atoms with van der Waals surface area (Å²) < 4.78 is 11.0. The van der Waals surface area contributed by atoms with Crippen molar-refractivity contribution in [2.75, 3.05) is 52.7 Å². The molecule has 18 heavy (non-hydrogen) atoms.